The summed E-state index contributed by atoms with van der Waals surface area (Å²) in [6.45, 7) is 7.70. The molecular weight excluding hydrogens is 322 g/mol. The average Bonchev–Trinajstić information content (AvgIpc) is 2.27. The van der Waals surface area contributed by atoms with Gasteiger partial charge in [0, 0.05) is 36.3 Å². The molecular formula is C14H20BrN3O2. The van der Waals surface area contributed by atoms with Crippen LogP contribution in [0.25, 0.3) is 0 Å². The lowest BCUT2D eigenvalue weighted by Gasteiger charge is -2.40. The third-order valence-corrected chi connectivity index (χ3v) is 3.36. The normalized spacial score (nSPS) is 15.9. The number of pyridine rings is 1. The van der Waals surface area contributed by atoms with E-state index in [2.05, 4.69) is 26.2 Å². The van der Waals surface area contributed by atoms with Crippen LogP contribution in [-0.4, -0.2) is 40.7 Å². The standard InChI is InChI=1S/C14H20BrN3O2/c1-14(2,3)20-13(19)18-8-12(9-18)17-7-11-5-4-10(15)6-16-11/h4-6,12,17H,7-9H2,1-3H3. The highest BCUT2D eigenvalue weighted by Gasteiger charge is 2.33. The van der Waals surface area contributed by atoms with Gasteiger partial charge in [-0.3, -0.25) is 4.98 Å². The van der Waals surface area contributed by atoms with Crippen LogP contribution in [0.15, 0.2) is 22.8 Å². The number of likely N-dealkylation sites (tertiary alicyclic amines) is 1. The summed E-state index contributed by atoms with van der Waals surface area (Å²) in [7, 11) is 0. The predicted octanol–water partition coefficient (Wildman–Crippen LogP) is 2.55. The van der Waals surface area contributed by atoms with Gasteiger partial charge in [0.2, 0.25) is 0 Å². The first-order valence-corrected chi connectivity index (χ1v) is 7.44. The average molecular weight is 342 g/mol. The molecule has 1 fully saturated rings. The summed E-state index contributed by atoms with van der Waals surface area (Å²) in [5.74, 6) is 0. The summed E-state index contributed by atoms with van der Waals surface area (Å²) in [6, 6.07) is 4.26. The van der Waals surface area contributed by atoms with Crippen molar-refractivity contribution in [2.24, 2.45) is 0 Å². The number of halogens is 1. The first-order chi connectivity index (χ1) is 9.33. The van der Waals surface area contributed by atoms with Gasteiger partial charge in [-0.05, 0) is 48.8 Å². The lowest BCUT2D eigenvalue weighted by molar-refractivity contribution is 0.00516. The summed E-state index contributed by atoms with van der Waals surface area (Å²) < 4.78 is 6.28. The Bertz CT molecular complexity index is 464. The third kappa shape index (κ3) is 4.45. The number of ether oxygens (including phenoxy) is 1. The number of nitrogens with one attached hydrogen (secondary N) is 1. The van der Waals surface area contributed by atoms with Crippen molar-refractivity contribution in [1.29, 1.82) is 0 Å². The molecule has 0 atom stereocenters. The largest absolute Gasteiger partial charge is 0.444 e. The second-order valence-corrected chi connectivity index (χ2v) is 6.85. The van der Waals surface area contributed by atoms with E-state index in [0.29, 0.717) is 25.7 Å². The zero-order valence-electron chi connectivity index (χ0n) is 12.0. The number of carbonyl (C=O) groups is 1. The van der Waals surface area contributed by atoms with Gasteiger partial charge in [-0.15, -0.1) is 0 Å². The molecule has 0 saturated carbocycles. The molecule has 20 heavy (non-hydrogen) atoms. The van der Waals surface area contributed by atoms with Gasteiger partial charge in [0.25, 0.3) is 0 Å². The van der Waals surface area contributed by atoms with Crippen molar-refractivity contribution < 1.29 is 9.53 Å². The van der Waals surface area contributed by atoms with E-state index < -0.39 is 5.60 Å². The molecule has 0 radical (unpaired) electrons. The maximum Gasteiger partial charge on any atom is 0.410 e. The highest BCUT2D eigenvalue weighted by atomic mass is 79.9. The molecule has 1 aromatic rings. The Kier molecular flexibility index (Phi) is 4.65. The van der Waals surface area contributed by atoms with Crippen molar-refractivity contribution >= 4 is 22.0 Å². The number of aromatic nitrogens is 1. The Morgan fingerprint density at radius 2 is 2.20 bits per heavy atom. The molecule has 1 N–H and O–H groups in total. The van der Waals surface area contributed by atoms with Crippen LogP contribution in [0, 0.1) is 0 Å². The van der Waals surface area contributed by atoms with Crippen molar-refractivity contribution in [2.75, 3.05) is 13.1 Å². The summed E-state index contributed by atoms with van der Waals surface area (Å²) in [4.78, 5) is 17.8. The van der Waals surface area contributed by atoms with Crippen LogP contribution < -0.4 is 5.32 Å². The maximum atomic E-state index is 11.8. The van der Waals surface area contributed by atoms with E-state index >= 15 is 0 Å². The van der Waals surface area contributed by atoms with E-state index in [-0.39, 0.29) is 6.09 Å². The number of hydrogen-bond donors (Lipinski definition) is 1. The minimum absolute atomic E-state index is 0.239. The number of carbonyl (C=O) groups excluding carboxylic acids is 1. The Labute approximate surface area is 127 Å². The van der Waals surface area contributed by atoms with E-state index in [1.807, 2.05) is 32.9 Å². The molecule has 0 spiro atoms. The van der Waals surface area contributed by atoms with Crippen LogP contribution in [0.4, 0.5) is 4.79 Å². The van der Waals surface area contributed by atoms with E-state index in [1.54, 1.807) is 11.1 Å². The van der Waals surface area contributed by atoms with Crippen molar-refractivity contribution in [1.82, 2.24) is 15.2 Å². The smallest absolute Gasteiger partial charge is 0.410 e. The van der Waals surface area contributed by atoms with Gasteiger partial charge < -0.3 is 15.0 Å². The monoisotopic (exact) mass is 341 g/mol. The van der Waals surface area contributed by atoms with Gasteiger partial charge >= 0.3 is 6.09 Å². The molecule has 1 saturated heterocycles. The zero-order valence-corrected chi connectivity index (χ0v) is 13.6. The van der Waals surface area contributed by atoms with Crippen LogP contribution in [0.5, 0.6) is 0 Å². The molecule has 1 aliphatic rings. The van der Waals surface area contributed by atoms with Crippen molar-refractivity contribution in [3.05, 3.63) is 28.5 Å². The van der Waals surface area contributed by atoms with Gasteiger partial charge in [-0.1, -0.05) is 0 Å². The summed E-state index contributed by atoms with van der Waals surface area (Å²) in [5, 5.41) is 3.38. The Hall–Kier alpha value is -1.14. The molecule has 1 amide bonds. The fourth-order valence-corrected chi connectivity index (χ4v) is 2.08. The van der Waals surface area contributed by atoms with Crippen LogP contribution >= 0.6 is 15.9 Å². The van der Waals surface area contributed by atoms with Gasteiger partial charge in [-0.2, -0.15) is 0 Å². The Balaban J connectivity index is 1.69. The molecule has 1 aliphatic heterocycles. The summed E-state index contributed by atoms with van der Waals surface area (Å²) in [6.07, 6.45) is 1.54. The molecule has 0 aliphatic carbocycles. The van der Waals surface area contributed by atoms with E-state index in [9.17, 15) is 4.79 Å². The summed E-state index contributed by atoms with van der Waals surface area (Å²) in [5.41, 5.74) is 0.556. The van der Waals surface area contributed by atoms with E-state index in [0.717, 1.165) is 10.2 Å². The number of amides is 1. The minimum atomic E-state index is -0.434. The molecule has 0 bridgehead atoms. The van der Waals surface area contributed by atoms with Gasteiger partial charge in [0.1, 0.15) is 5.60 Å². The second kappa shape index (κ2) is 6.10. The molecule has 1 aromatic heterocycles. The molecule has 2 rings (SSSR count). The highest BCUT2D eigenvalue weighted by Crippen LogP contribution is 2.15. The number of hydrogen-bond acceptors (Lipinski definition) is 4. The lowest BCUT2D eigenvalue weighted by Crippen LogP contribution is -2.60. The Morgan fingerprint density at radius 3 is 2.75 bits per heavy atom. The predicted molar refractivity (Wildman–Crippen MR) is 80.4 cm³/mol. The van der Waals surface area contributed by atoms with Crippen molar-refractivity contribution in [3.8, 4) is 0 Å². The molecule has 110 valence electrons. The van der Waals surface area contributed by atoms with Crippen LogP contribution in [0.3, 0.4) is 0 Å². The number of nitrogens with zero attached hydrogens (tertiary/aromatic N) is 2. The third-order valence-electron chi connectivity index (χ3n) is 2.89. The quantitative estimate of drug-likeness (QED) is 0.917. The van der Waals surface area contributed by atoms with E-state index in [4.69, 9.17) is 4.74 Å². The SMILES string of the molecule is CC(C)(C)OC(=O)N1CC(NCc2ccc(Br)cn2)C1. The molecule has 2 heterocycles. The fourth-order valence-electron chi connectivity index (χ4n) is 1.84. The highest BCUT2D eigenvalue weighted by molar-refractivity contribution is 9.10. The lowest BCUT2D eigenvalue weighted by atomic mass is 10.1. The molecule has 0 aromatic carbocycles. The fraction of sp³-hybridized carbons (Fsp3) is 0.571. The maximum absolute atomic E-state index is 11.8. The second-order valence-electron chi connectivity index (χ2n) is 5.93. The van der Waals surface area contributed by atoms with Crippen LogP contribution in [0.2, 0.25) is 0 Å². The van der Waals surface area contributed by atoms with Gasteiger partial charge in [0.05, 0.1) is 5.69 Å². The summed E-state index contributed by atoms with van der Waals surface area (Å²) >= 11 is 3.36. The van der Waals surface area contributed by atoms with Gasteiger partial charge in [0.15, 0.2) is 0 Å². The molecule has 6 heteroatoms. The molecule has 0 unspecified atom stereocenters. The van der Waals surface area contributed by atoms with Crippen LogP contribution in [0.1, 0.15) is 26.5 Å². The molecule has 5 nitrogen and oxygen atoms in total. The van der Waals surface area contributed by atoms with E-state index in [1.165, 1.54) is 0 Å². The first-order valence-electron chi connectivity index (χ1n) is 6.65. The van der Waals surface area contributed by atoms with Gasteiger partial charge in [-0.25, -0.2) is 4.79 Å². The van der Waals surface area contributed by atoms with Crippen molar-refractivity contribution in [2.45, 2.75) is 39.0 Å². The zero-order chi connectivity index (χ0) is 14.8. The Morgan fingerprint density at radius 1 is 1.50 bits per heavy atom. The number of rotatable bonds is 3. The van der Waals surface area contributed by atoms with Crippen molar-refractivity contribution in [3.63, 3.8) is 0 Å². The first kappa shape index (κ1) is 15.3. The minimum Gasteiger partial charge on any atom is -0.444 e. The van der Waals surface area contributed by atoms with Crippen LogP contribution in [-0.2, 0) is 11.3 Å². The topological polar surface area (TPSA) is 54.5 Å².